The molecule has 0 aromatic carbocycles. The SMILES string of the molecule is CC(C)CCCCC[C@H](O)C#CC#C/C=C\OC[C@@H](O)CO. The van der Waals surface area contributed by atoms with Gasteiger partial charge in [-0.1, -0.05) is 45.0 Å². The second-order valence-corrected chi connectivity index (χ2v) is 5.56. The molecule has 0 unspecified atom stereocenters. The van der Waals surface area contributed by atoms with Gasteiger partial charge in [0.1, 0.15) is 18.8 Å². The lowest BCUT2D eigenvalue weighted by Crippen LogP contribution is -2.17. The highest BCUT2D eigenvalue weighted by atomic mass is 16.5. The molecule has 0 aromatic rings. The number of ether oxygens (including phenoxy) is 1. The lowest BCUT2D eigenvalue weighted by Gasteiger charge is -2.05. The van der Waals surface area contributed by atoms with Gasteiger partial charge in [-0.25, -0.2) is 0 Å². The first-order valence-corrected chi connectivity index (χ1v) is 7.81. The standard InChI is InChI=1S/C18H28O4/c1-16(2)10-6-5-8-12-17(20)11-7-3-4-9-13-22-15-18(21)14-19/h9,13,16-21H,5-6,8,10,12,14-15H2,1-2H3/b13-9-/t17-,18+/m1/s1. The van der Waals surface area contributed by atoms with E-state index in [1.807, 2.05) is 0 Å². The van der Waals surface area contributed by atoms with Crippen molar-refractivity contribution in [3.05, 3.63) is 12.3 Å². The van der Waals surface area contributed by atoms with Crippen molar-refractivity contribution in [1.82, 2.24) is 0 Å². The summed E-state index contributed by atoms with van der Waals surface area (Å²) in [5.74, 6) is 11.2. The second-order valence-electron chi connectivity index (χ2n) is 5.56. The number of unbranched alkanes of at least 4 members (excludes halogenated alkanes) is 2. The lowest BCUT2D eigenvalue weighted by molar-refractivity contribution is 0.0385. The summed E-state index contributed by atoms with van der Waals surface area (Å²) in [6, 6.07) is 0. The van der Waals surface area contributed by atoms with Gasteiger partial charge in [0.25, 0.3) is 0 Å². The van der Waals surface area contributed by atoms with E-state index in [1.165, 1.54) is 25.2 Å². The molecule has 3 N–H and O–H groups in total. The van der Waals surface area contributed by atoms with Crippen molar-refractivity contribution in [3.8, 4) is 23.7 Å². The highest BCUT2D eigenvalue weighted by Gasteiger charge is 1.99. The molecule has 0 radical (unpaired) electrons. The molecular formula is C18H28O4. The number of aliphatic hydroxyl groups is 3. The predicted molar refractivity (Wildman–Crippen MR) is 87.7 cm³/mol. The molecule has 0 aliphatic rings. The molecule has 2 atom stereocenters. The number of allylic oxidation sites excluding steroid dienone is 1. The third-order valence-electron chi connectivity index (χ3n) is 2.88. The summed E-state index contributed by atoms with van der Waals surface area (Å²) in [5.41, 5.74) is 0. The van der Waals surface area contributed by atoms with Crippen molar-refractivity contribution in [1.29, 1.82) is 0 Å². The summed E-state index contributed by atoms with van der Waals surface area (Å²) in [6.07, 6.45) is 6.52. The Kier molecular flexibility index (Phi) is 13.5. The van der Waals surface area contributed by atoms with Gasteiger partial charge >= 0.3 is 0 Å². The van der Waals surface area contributed by atoms with Crippen molar-refractivity contribution in [2.24, 2.45) is 5.92 Å². The van der Waals surface area contributed by atoms with E-state index in [0.717, 1.165) is 18.8 Å². The molecule has 4 nitrogen and oxygen atoms in total. The highest BCUT2D eigenvalue weighted by Crippen LogP contribution is 2.10. The van der Waals surface area contributed by atoms with Crippen LogP contribution in [0.2, 0.25) is 0 Å². The molecule has 4 heteroatoms. The van der Waals surface area contributed by atoms with Gasteiger partial charge in [-0.3, -0.25) is 0 Å². The van der Waals surface area contributed by atoms with Crippen LogP contribution >= 0.6 is 0 Å². The molecule has 22 heavy (non-hydrogen) atoms. The summed E-state index contributed by atoms with van der Waals surface area (Å²) >= 11 is 0. The van der Waals surface area contributed by atoms with E-state index in [9.17, 15) is 5.11 Å². The second kappa shape index (κ2) is 14.5. The number of aliphatic hydroxyl groups excluding tert-OH is 3. The predicted octanol–water partition coefficient (Wildman–Crippen LogP) is 1.84. The smallest absolute Gasteiger partial charge is 0.115 e. The number of hydrogen-bond acceptors (Lipinski definition) is 4. The van der Waals surface area contributed by atoms with Crippen molar-refractivity contribution >= 4 is 0 Å². The molecule has 0 aliphatic heterocycles. The Balaban J connectivity index is 3.72. The van der Waals surface area contributed by atoms with Gasteiger partial charge in [-0.2, -0.15) is 0 Å². The van der Waals surface area contributed by atoms with Gasteiger partial charge in [-0.15, -0.1) is 0 Å². The summed E-state index contributed by atoms with van der Waals surface area (Å²) in [4.78, 5) is 0. The van der Waals surface area contributed by atoms with Crippen LogP contribution in [-0.4, -0.2) is 40.7 Å². The van der Waals surface area contributed by atoms with Crippen molar-refractivity contribution in [2.75, 3.05) is 13.2 Å². The zero-order chi connectivity index (χ0) is 16.6. The summed E-state index contributed by atoms with van der Waals surface area (Å²) in [5, 5.41) is 27.2. The Morgan fingerprint density at radius 3 is 2.45 bits per heavy atom. The molecule has 0 saturated carbocycles. The maximum absolute atomic E-state index is 9.65. The largest absolute Gasteiger partial charge is 0.498 e. The van der Waals surface area contributed by atoms with E-state index in [4.69, 9.17) is 14.9 Å². The maximum atomic E-state index is 9.65. The normalized spacial score (nSPS) is 13.2. The zero-order valence-electron chi connectivity index (χ0n) is 13.6. The van der Waals surface area contributed by atoms with Crippen LogP contribution in [0, 0.1) is 29.6 Å². The molecule has 0 fully saturated rings. The quantitative estimate of drug-likeness (QED) is 0.327. The monoisotopic (exact) mass is 308 g/mol. The van der Waals surface area contributed by atoms with E-state index in [0.29, 0.717) is 6.42 Å². The van der Waals surface area contributed by atoms with Crippen LogP contribution in [-0.2, 0) is 4.74 Å². The molecule has 124 valence electrons. The Bertz CT molecular complexity index is 406. The topological polar surface area (TPSA) is 69.9 Å². The Labute approximate surface area is 134 Å². The van der Waals surface area contributed by atoms with Gasteiger partial charge in [0.05, 0.1) is 12.9 Å². The van der Waals surface area contributed by atoms with Crippen LogP contribution in [0.3, 0.4) is 0 Å². The molecule has 0 amide bonds. The third-order valence-corrected chi connectivity index (χ3v) is 2.88. The van der Waals surface area contributed by atoms with Crippen molar-refractivity contribution < 1.29 is 20.1 Å². The number of hydrogen-bond donors (Lipinski definition) is 3. The van der Waals surface area contributed by atoms with Crippen LogP contribution in [0.1, 0.15) is 46.0 Å². The fourth-order valence-corrected chi connectivity index (χ4v) is 1.64. The van der Waals surface area contributed by atoms with Crippen LogP contribution in [0.15, 0.2) is 12.3 Å². The van der Waals surface area contributed by atoms with Gasteiger partial charge in [0.15, 0.2) is 0 Å². The highest BCUT2D eigenvalue weighted by molar-refractivity contribution is 5.31. The molecule has 0 saturated heterocycles. The lowest BCUT2D eigenvalue weighted by atomic mass is 10.0. The van der Waals surface area contributed by atoms with E-state index in [2.05, 4.69) is 37.5 Å². The Morgan fingerprint density at radius 1 is 1.05 bits per heavy atom. The minimum atomic E-state index is -0.881. The fraction of sp³-hybridized carbons (Fsp3) is 0.667. The van der Waals surface area contributed by atoms with E-state index < -0.39 is 12.2 Å². The van der Waals surface area contributed by atoms with Crippen molar-refractivity contribution in [2.45, 2.75) is 58.2 Å². The molecule has 0 bridgehead atoms. The average molecular weight is 308 g/mol. The fourth-order valence-electron chi connectivity index (χ4n) is 1.64. The van der Waals surface area contributed by atoms with E-state index in [-0.39, 0.29) is 13.2 Å². The van der Waals surface area contributed by atoms with E-state index >= 15 is 0 Å². The Hall–Kier alpha value is -1.46. The molecule has 0 heterocycles. The maximum Gasteiger partial charge on any atom is 0.115 e. The Morgan fingerprint density at radius 2 is 1.77 bits per heavy atom. The first-order chi connectivity index (χ1) is 10.6. The molecule has 0 aromatic heterocycles. The first-order valence-electron chi connectivity index (χ1n) is 7.81. The first kappa shape index (κ1) is 20.5. The third kappa shape index (κ3) is 14.9. The summed E-state index contributed by atoms with van der Waals surface area (Å²) in [7, 11) is 0. The van der Waals surface area contributed by atoms with Crippen molar-refractivity contribution in [3.63, 3.8) is 0 Å². The van der Waals surface area contributed by atoms with Gasteiger partial charge in [-0.05, 0) is 30.6 Å². The summed E-state index contributed by atoms with van der Waals surface area (Å²) in [6.45, 7) is 4.12. The molecule has 0 spiro atoms. The summed E-state index contributed by atoms with van der Waals surface area (Å²) < 4.78 is 4.92. The van der Waals surface area contributed by atoms with E-state index in [1.54, 1.807) is 0 Å². The molecule has 0 aliphatic carbocycles. The van der Waals surface area contributed by atoms with Gasteiger partial charge in [0, 0.05) is 6.08 Å². The number of rotatable bonds is 10. The minimum Gasteiger partial charge on any atom is -0.498 e. The van der Waals surface area contributed by atoms with Crippen LogP contribution in [0.5, 0.6) is 0 Å². The zero-order valence-corrected chi connectivity index (χ0v) is 13.6. The van der Waals surface area contributed by atoms with Gasteiger partial charge < -0.3 is 20.1 Å². The van der Waals surface area contributed by atoms with Gasteiger partial charge in [0.2, 0.25) is 0 Å². The molecular weight excluding hydrogens is 280 g/mol. The van der Waals surface area contributed by atoms with Crippen LogP contribution in [0.4, 0.5) is 0 Å². The van der Waals surface area contributed by atoms with Crippen LogP contribution < -0.4 is 0 Å². The molecule has 0 rings (SSSR count). The van der Waals surface area contributed by atoms with Crippen LogP contribution in [0.25, 0.3) is 0 Å². The minimum absolute atomic E-state index is 0.0237. The average Bonchev–Trinajstić information content (AvgIpc) is 2.48.